The molecule has 0 saturated heterocycles. The van der Waals surface area contributed by atoms with Gasteiger partial charge in [0.2, 0.25) is 0 Å². The summed E-state index contributed by atoms with van der Waals surface area (Å²) >= 11 is 0. The highest BCUT2D eigenvalue weighted by atomic mass is 14.3. The molecule has 3 aromatic carbocycles. The lowest BCUT2D eigenvalue weighted by atomic mass is 9.73. The van der Waals surface area contributed by atoms with Crippen LogP contribution in [0.25, 0.3) is 11.1 Å². The molecule has 0 bridgehead atoms. The molecule has 3 aromatic rings. The summed E-state index contributed by atoms with van der Waals surface area (Å²) < 4.78 is 0. The van der Waals surface area contributed by atoms with Crippen molar-refractivity contribution in [2.24, 2.45) is 0 Å². The van der Waals surface area contributed by atoms with Gasteiger partial charge in [0.25, 0.3) is 0 Å². The summed E-state index contributed by atoms with van der Waals surface area (Å²) in [7, 11) is 0. The van der Waals surface area contributed by atoms with Gasteiger partial charge in [0.05, 0.1) is 0 Å². The van der Waals surface area contributed by atoms with Crippen LogP contribution in [0.15, 0.2) is 72.8 Å². The molecule has 0 aromatic heterocycles. The third kappa shape index (κ3) is 2.82. The van der Waals surface area contributed by atoms with Crippen LogP contribution >= 0.6 is 0 Å². The normalized spacial score (nSPS) is 11.5. The number of hydrogen-bond donors (Lipinski definition) is 0. The van der Waals surface area contributed by atoms with Crippen LogP contribution in [0.4, 0.5) is 0 Å². The van der Waals surface area contributed by atoms with Crippen molar-refractivity contribution in [1.29, 1.82) is 0 Å². The molecule has 0 aliphatic carbocycles. The Morgan fingerprint density at radius 3 is 1.61 bits per heavy atom. The first-order chi connectivity index (χ1) is 11.0. The molecule has 23 heavy (non-hydrogen) atoms. The molecule has 3 rings (SSSR count). The van der Waals surface area contributed by atoms with Gasteiger partial charge in [-0.05, 0) is 47.2 Å². The van der Waals surface area contributed by atoms with Crippen molar-refractivity contribution in [2.75, 3.05) is 0 Å². The zero-order valence-electron chi connectivity index (χ0n) is 14.4. The Labute approximate surface area is 139 Å². The average Bonchev–Trinajstić information content (AvgIpc) is 2.55. The van der Waals surface area contributed by atoms with Crippen LogP contribution in [0.3, 0.4) is 0 Å². The highest BCUT2D eigenvalue weighted by Gasteiger charge is 2.27. The molecule has 0 unspecified atom stereocenters. The van der Waals surface area contributed by atoms with Crippen molar-refractivity contribution in [3.05, 3.63) is 95.1 Å². The number of hydrogen-bond acceptors (Lipinski definition) is 0. The molecular weight excluding hydrogens is 276 g/mol. The molecule has 0 aliphatic heterocycles. The van der Waals surface area contributed by atoms with E-state index in [4.69, 9.17) is 0 Å². The summed E-state index contributed by atoms with van der Waals surface area (Å²) in [6.45, 7) is 9.04. The van der Waals surface area contributed by atoms with E-state index in [-0.39, 0.29) is 5.41 Å². The van der Waals surface area contributed by atoms with Gasteiger partial charge in [0.15, 0.2) is 0 Å². The van der Waals surface area contributed by atoms with E-state index < -0.39 is 0 Å². The lowest BCUT2D eigenvalue weighted by Gasteiger charge is -2.30. The maximum atomic E-state index is 2.33. The molecule has 0 radical (unpaired) electrons. The minimum absolute atomic E-state index is 0.0375. The highest BCUT2D eigenvalue weighted by Crippen LogP contribution is 2.39. The van der Waals surface area contributed by atoms with Crippen LogP contribution in [-0.4, -0.2) is 0 Å². The molecule has 0 nitrogen and oxygen atoms in total. The van der Waals surface area contributed by atoms with E-state index in [1.807, 2.05) is 0 Å². The van der Waals surface area contributed by atoms with Crippen LogP contribution in [0.5, 0.6) is 0 Å². The lowest BCUT2D eigenvalue weighted by Crippen LogP contribution is -2.21. The van der Waals surface area contributed by atoms with E-state index in [9.17, 15) is 0 Å². The average molecular weight is 300 g/mol. The second-order valence-electron chi connectivity index (χ2n) is 6.80. The van der Waals surface area contributed by atoms with E-state index in [1.165, 1.54) is 33.4 Å². The molecule has 0 heterocycles. The minimum atomic E-state index is -0.0375. The van der Waals surface area contributed by atoms with Crippen LogP contribution < -0.4 is 0 Å². The van der Waals surface area contributed by atoms with Crippen molar-refractivity contribution in [1.82, 2.24) is 0 Å². The monoisotopic (exact) mass is 300 g/mol. The standard InChI is InChI=1S/C23H24/c1-17-11-5-7-13-19(17)20-14-8-10-16-22(20)23(3,4)21-15-9-6-12-18(21)2/h5-16H,1-4H3. The maximum absolute atomic E-state index is 2.33. The highest BCUT2D eigenvalue weighted by molar-refractivity contribution is 5.72. The van der Waals surface area contributed by atoms with Gasteiger partial charge in [-0.25, -0.2) is 0 Å². The van der Waals surface area contributed by atoms with E-state index >= 15 is 0 Å². The van der Waals surface area contributed by atoms with E-state index in [2.05, 4.69) is 100 Å². The van der Waals surface area contributed by atoms with Gasteiger partial charge in [0, 0.05) is 5.41 Å². The Morgan fingerprint density at radius 1 is 0.522 bits per heavy atom. The van der Waals surface area contributed by atoms with Gasteiger partial charge < -0.3 is 0 Å². The van der Waals surface area contributed by atoms with E-state index in [0.29, 0.717) is 0 Å². The fourth-order valence-electron chi connectivity index (χ4n) is 3.56. The molecular formula is C23H24. The summed E-state index contributed by atoms with van der Waals surface area (Å²) in [5.41, 5.74) is 8.05. The summed E-state index contributed by atoms with van der Waals surface area (Å²) in [5.74, 6) is 0. The lowest BCUT2D eigenvalue weighted by molar-refractivity contribution is 0.638. The zero-order chi connectivity index (χ0) is 16.4. The van der Waals surface area contributed by atoms with Crippen LogP contribution in [0.2, 0.25) is 0 Å². The molecule has 0 amide bonds. The minimum Gasteiger partial charge on any atom is -0.0620 e. The Bertz CT molecular complexity index is 825. The summed E-state index contributed by atoms with van der Waals surface area (Å²) in [6, 6.07) is 26.2. The smallest absolute Gasteiger partial charge is 0.0155 e. The molecule has 0 spiro atoms. The van der Waals surface area contributed by atoms with E-state index in [1.54, 1.807) is 0 Å². The number of rotatable bonds is 3. The fourth-order valence-corrected chi connectivity index (χ4v) is 3.56. The Balaban J connectivity index is 2.22. The van der Waals surface area contributed by atoms with Gasteiger partial charge >= 0.3 is 0 Å². The first-order valence-corrected chi connectivity index (χ1v) is 8.23. The topological polar surface area (TPSA) is 0 Å². The van der Waals surface area contributed by atoms with Crippen molar-refractivity contribution in [2.45, 2.75) is 33.1 Å². The van der Waals surface area contributed by atoms with Crippen molar-refractivity contribution >= 4 is 0 Å². The first kappa shape index (κ1) is 15.6. The van der Waals surface area contributed by atoms with Gasteiger partial charge in [-0.2, -0.15) is 0 Å². The Kier molecular flexibility index (Phi) is 4.09. The predicted octanol–water partition coefficient (Wildman–Crippen LogP) is 6.30. The second kappa shape index (κ2) is 6.04. The maximum Gasteiger partial charge on any atom is 0.0155 e. The first-order valence-electron chi connectivity index (χ1n) is 8.23. The quantitative estimate of drug-likeness (QED) is 0.532. The Hall–Kier alpha value is -2.34. The van der Waals surface area contributed by atoms with Crippen molar-refractivity contribution in [3.8, 4) is 11.1 Å². The Morgan fingerprint density at radius 2 is 1.00 bits per heavy atom. The molecule has 0 heteroatoms. The van der Waals surface area contributed by atoms with Gasteiger partial charge in [-0.1, -0.05) is 86.6 Å². The zero-order valence-corrected chi connectivity index (χ0v) is 14.4. The molecule has 116 valence electrons. The number of benzene rings is 3. The molecule has 0 fully saturated rings. The van der Waals surface area contributed by atoms with E-state index in [0.717, 1.165) is 0 Å². The number of aryl methyl sites for hydroxylation is 2. The molecule has 0 aliphatic rings. The fraction of sp³-hybridized carbons (Fsp3) is 0.217. The summed E-state index contributed by atoms with van der Waals surface area (Å²) in [5, 5.41) is 0. The van der Waals surface area contributed by atoms with Crippen LogP contribution in [0, 0.1) is 13.8 Å². The SMILES string of the molecule is Cc1ccccc1-c1ccccc1C(C)(C)c1ccccc1C. The van der Waals surface area contributed by atoms with Gasteiger partial charge in [-0.3, -0.25) is 0 Å². The van der Waals surface area contributed by atoms with Crippen molar-refractivity contribution < 1.29 is 0 Å². The predicted molar refractivity (Wildman–Crippen MR) is 99.9 cm³/mol. The summed E-state index contributed by atoms with van der Waals surface area (Å²) in [4.78, 5) is 0. The van der Waals surface area contributed by atoms with Crippen LogP contribution in [0.1, 0.15) is 36.1 Å². The third-order valence-corrected chi connectivity index (χ3v) is 4.85. The van der Waals surface area contributed by atoms with Gasteiger partial charge in [0.1, 0.15) is 0 Å². The largest absolute Gasteiger partial charge is 0.0620 e. The molecule has 0 atom stereocenters. The second-order valence-corrected chi connectivity index (χ2v) is 6.80. The molecule has 0 N–H and O–H groups in total. The third-order valence-electron chi connectivity index (χ3n) is 4.85. The van der Waals surface area contributed by atoms with Crippen LogP contribution in [-0.2, 0) is 5.41 Å². The van der Waals surface area contributed by atoms with Crippen molar-refractivity contribution in [3.63, 3.8) is 0 Å². The summed E-state index contributed by atoms with van der Waals surface area (Å²) in [6.07, 6.45) is 0. The van der Waals surface area contributed by atoms with Gasteiger partial charge in [-0.15, -0.1) is 0 Å². The molecule has 0 saturated carbocycles.